The first kappa shape index (κ1) is 23.0. The van der Waals surface area contributed by atoms with E-state index in [2.05, 4.69) is 0 Å². The second-order valence-electron chi connectivity index (χ2n) is 6.54. The van der Waals surface area contributed by atoms with Crippen molar-refractivity contribution in [2.75, 3.05) is 23.7 Å². The van der Waals surface area contributed by atoms with Crippen molar-refractivity contribution in [1.82, 2.24) is 4.90 Å². The zero-order valence-corrected chi connectivity index (χ0v) is 18.6. The van der Waals surface area contributed by atoms with Gasteiger partial charge in [0.2, 0.25) is 5.88 Å². The minimum absolute atomic E-state index is 0.0799. The van der Waals surface area contributed by atoms with E-state index in [-0.39, 0.29) is 15.8 Å². The number of carbonyl (C=O) groups excluding carboxylic acids is 2. The van der Waals surface area contributed by atoms with E-state index in [0.29, 0.717) is 22.9 Å². The Labute approximate surface area is 188 Å². The fourth-order valence-electron chi connectivity index (χ4n) is 2.83. The van der Waals surface area contributed by atoms with E-state index < -0.39 is 34.3 Å². The first-order valence-corrected chi connectivity index (χ1v) is 11.7. The average molecular weight is 481 g/mol. The lowest BCUT2D eigenvalue weighted by Crippen LogP contribution is -2.40. The molecule has 0 spiro atoms. The van der Waals surface area contributed by atoms with Gasteiger partial charge in [0.1, 0.15) is 4.32 Å². The third-order valence-corrected chi connectivity index (χ3v) is 6.27. The molecule has 3 rings (SSSR count). The van der Waals surface area contributed by atoms with Gasteiger partial charge in [-0.15, -0.1) is 0 Å². The van der Waals surface area contributed by atoms with Crippen molar-refractivity contribution in [3.05, 3.63) is 58.9 Å². The van der Waals surface area contributed by atoms with Gasteiger partial charge in [-0.2, -0.15) is 0 Å². The number of benzene rings is 1. The second-order valence-corrected chi connectivity index (χ2v) is 9.74. The van der Waals surface area contributed by atoms with Crippen LogP contribution in [-0.4, -0.2) is 52.9 Å². The largest absolute Gasteiger partial charge is 0.748 e. The number of ether oxygens (including phenoxy) is 1. The maximum Gasteiger partial charge on any atom is 0.266 e. The maximum atomic E-state index is 12.3. The molecule has 1 amide bonds. The van der Waals surface area contributed by atoms with Crippen LogP contribution in [0.4, 0.5) is 5.69 Å². The number of para-hydroxylation sites is 2. The van der Waals surface area contributed by atoms with Crippen LogP contribution in [0.1, 0.15) is 6.92 Å². The Balaban J connectivity index is 1.81. The Hall–Kier alpha value is -2.67. The number of aliphatic carboxylic acids is 1. The molecule has 0 bridgehead atoms. The number of carboxylic acids is 1. The molecule has 0 radical (unpaired) electrons. The summed E-state index contributed by atoms with van der Waals surface area (Å²) < 4.78 is 39.1. The molecular weight excluding hydrogens is 464 g/mol. The highest BCUT2D eigenvalue weighted by atomic mass is 32.2. The van der Waals surface area contributed by atoms with Gasteiger partial charge in [0.25, 0.3) is 5.91 Å². The number of thiocarbonyl (C=S) groups is 1. The van der Waals surface area contributed by atoms with Crippen LogP contribution in [0.3, 0.4) is 0 Å². The zero-order valence-electron chi connectivity index (χ0n) is 16.1. The van der Waals surface area contributed by atoms with Crippen molar-refractivity contribution < 1.29 is 32.4 Å². The number of hydrogen-bond acceptors (Lipinski definition) is 10. The van der Waals surface area contributed by atoms with E-state index in [4.69, 9.17) is 17.0 Å². The van der Waals surface area contributed by atoms with Gasteiger partial charge in [-0.25, -0.2) is 8.42 Å². The van der Waals surface area contributed by atoms with Crippen molar-refractivity contribution in [2.45, 2.75) is 6.92 Å². The number of nitrogens with zero attached hydrogens (tertiary/aromatic N) is 2. The van der Waals surface area contributed by atoms with Gasteiger partial charge in [0, 0.05) is 6.54 Å². The highest BCUT2D eigenvalue weighted by molar-refractivity contribution is 8.26. The number of rotatable bonds is 7. The van der Waals surface area contributed by atoms with Crippen molar-refractivity contribution in [1.29, 1.82) is 0 Å². The molecule has 1 aromatic carbocycles. The van der Waals surface area contributed by atoms with Crippen molar-refractivity contribution in [3.8, 4) is 5.75 Å². The smallest absolute Gasteiger partial charge is 0.266 e. The average Bonchev–Trinajstić information content (AvgIpc) is 3.16. The predicted molar refractivity (Wildman–Crippen MR) is 116 cm³/mol. The lowest BCUT2D eigenvalue weighted by atomic mass is 10.2. The second kappa shape index (κ2) is 9.22. The summed E-state index contributed by atoms with van der Waals surface area (Å²) in [6, 6.07) is 6.99. The first-order chi connectivity index (χ1) is 14.5. The van der Waals surface area contributed by atoms with Gasteiger partial charge in [0.05, 0.1) is 39.0 Å². The summed E-state index contributed by atoms with van der Waals surface area (Å²) in [7, 11) is -4.41. The molecule has 12 heteroatoms. The van der Waals surface area contributed by atoms with E-state index in [1.165, 1.54) is 0 Å². The minimum atomic E-state index is -4.41. The monoisotopic (exact) mass is 480 g/mol. The molecule has 1 aromatic rings. The van der Waals surface area contributed by atoms with Crippen LogP contribution in [0.15, 0.2) is 58.9 Å². The Morgan fingerprint density at radius 3 is 2.68 bits per heavy atom. The van der Waals surface area contributed by atoms with Crippen LogP contribution in [0.2, 0.25) is 0 Å². The third-order valence-electron chi connectivity index (χ3n) is 4.21. The molecule has 0 unspecified atom stereocenters. The molecule has 9 nitrogen and oxygen atoms in total. The molecule has 1 saturated heterocycles. The summed E-state index contributed by atoms with van der Waals surface area (Å²) >= 11 is 6.02. The van der Waals surface area contributed by atoms with E-state index in [0.717, 1.165) is 16.7 Å². The van der Waals surface area contributed by atoms with Crippen LogP contribution >= 0.6 is 24.0 Å². The lowest BCUT2D eigenvalue weighted by Gasteiger charge is -2.19. The summed E-state index contributed by atoms with van der Waals surface area (Å²) in [5, 5.41) is 10.8. The quantitative estimate of drug-likeness (QED) is 0.312. The van der Waals surface area contributed by atoms with Crippen LogP contribution < -0.4 is 14.7 Å². The summed E-state index contributed by atoms with van der Waals surface area (Å²) in [6.07, 6.45) is 4.79. The van der Waals surface area contributed by atoms with Crippen molar-refractivity contribution in [2.24, 2.45) is 0 Å². The number of carboxylic acid groups (broad SMARTS) is 1. The standard InChI is InChI=1S/C19H18N2O7S3/c1-12(10-15-18(24)21(11-17(22)23)19(29)30-15)6-7-16-20(8-9-31(25,26)27)13-4-2-3-5-14(13)28-16/h2-7,10H,8-9,11H2,1H3,(H,22,23)(H,25,26,27)/p-2/b12-6?,15-10+,16-7?. The third kappa shape index (κ3) is 5.73. The molecule has 0 aromatic heterocycles. The summed E-state index contributed by atoms with van der Waals surface area (Å²) in [5.74, 6) is -1.68. The van der Waals surface area contributed by atoms with Gasteiger partial charge >= 0.3 is 0 Å². The van der Waals surface area contributed by atoms with Crippen molar-refractivity contribution >= 4 is 56.0 Å². The number of amides is 1. The molecule has 0 N–H and O–H groups in total. The molecule has 31 heavy (non-hydrogen) atoms. The molecule has 0 atom stereocenters. The van der Waals surface area contributed by atoms with Gasteiger partial charge in [-0.3, -0.25) is 9.69 Å². The molecule has 2 heterocycles. The maximum absolute atomic E-state index is 12.3. The van der Waals surface area contributed by atoms with E-state index >= 15 is 0 Å². The molecule has 2 aliphatic rings. The van der Waals surface area contributed by atoms with Crippen LogP contribution in [0.25, 0.3) is 0 Å². The molecule has 2 aliphatic heterocycles. The summed E-state index contributed by atoms with van der Waals surface area (Å²) in [5.41, 5.74) is 1.27. The Bertz CT molecular complexity index is 1140. The predicted octanol–water partition coefficient (Wildman–Crippen LogP) is 0.712. The summed E-state index contributed by atoms with van der Waals surface area (Å²) in [6.45, 7) is 1.03. The number of thioether (sulfide) groups is 1. The van der Waals surface area contributed by atoms with Crippen LogP contribution in [0.5, 0.6) is 5.75 Å². The van der Waals surface area contributed by atoms with Crippen molar-refractivity contribution in [3.63, 3.8) is 0 Å². The topological polar surface area (TPSA) is 130 Å². The SMILES string of the molecule is CC(=CC=C1Oc2ccccc2N1CCS(=O)(=O)[O-])/C=C1/SC(=S)N(CC(=O)[O-])C1=O. The summed E-state index contributed by atoms with van der Waals surface area (Å²) in [4.78, 5) is 25.9. The Kier molecular flexibility index (Phi) is 6.84. The van der Waals surface area contributed by atoms with E-state index in [9.17, 15) is 27.7 Å². The number of fused-ring (bicyclic) bond motifs is 1. The normalized spacial score (nSPS) is 19.4. The lowest BCUT2D eigenvalue weighted by molar-refractivity contribution is -0.305. The minimum Gasteiger partial charge on any atom is -0.748 e. The highest BCUT2D eigenvalue weighted by Crippen LogP contribution is 2.38. The molecule has 0 aliphatic carbocycles. The highest BCUT2D eigenvalue weighted by Gasteiger charge is 2.32. The van der Waals surface area contributed by atoms with Gasteiger partial charge in [0.15, 0.2) is 5.75 Å². The Morgan fingerprint density at radius 2 is 2.00 bits per heavy atom. The fourth-order valence-corrected chi connectivity index (χ4v) is 4.54. The number of anilines is 1. The fraction of sp³-hybridized carbons (Fsp3) is 0.211. The molecule has 164 valence electrons. The number of allylic oxidation sites excluding steroid dienone is 4. The first-order valence-electron chi connectivity index (χ1n) is 8.87. The van der Waals surface area contributed by atoms with Crippen LogP contribution in [0, 0.1) is 0 Å². The van der Waals surface area contributed by atoms with E-state index in [1.54, 1.807) is 54.3 Å². The van der Waals surface area contributed by atoms with Gasteiger partial charge in [-0.1, -0.05) is 42.2 Å². The number of carbonyl (C=O) groups is 2. The molecule has 1 fully saturated rings. The van der Waals surface area contributed by atoms with Crippen LogP contribution in [-0.2, 0) is 19.7 Å². The number of hydrogen-bond donors (Lipinski definition) is 0. The van der Waals surface area contributed by atoms with E-state index in [1.807, 2.05) is 0 Å². The van der Waals surface area contributed by atoms with Gasteiger partial charge < -0.3 is 24.1 Å². The Morgan fingerprint density at radius 1 is 1.29 bits per heavy atom. The molecular formula is C19H16N2O7S3-2. The van der Waals surface area contributed by atoms with Gasteiger partial charge in [-0.05, 0) is 36.8 Å². The molecule has 0 saturated carbocycles. The zero-order chi connectivity index (χ0) is 22.8.